The monoisotopic (exact) mass is 416 g/mol. The number of esters is 2. The smallest absolute Gasteiger partial charge is 0.337 e. The molecular formula is C20H20N2O6S. The molecule has 0 fully saturated rings. The minimum absolute atomic E-state index is 0.0275. The zero-order valence-corrected chi connectivity index (χ0v) is 16.9. The largest absolute Gasteiger partial charge is 0.484 e. The Kier molecular flexibility index (Phi) is 7.67. The average molecular weight is 416 g/mol. The van der Waals surface area contributed by atoms with Gasteiger partial charge in [-0.15, -0.1) is 0 Å². The normalized spacial score (nSPS) is 9.90. The van der Waals surface area contributed by atoms with Crippen LogP contribution in [0.25, 0.3) is 0 Å². The molecule has 0 aliphatic heterocycles. The molecule has 0 aromatic heterocycles. The lowest BCUT2D eigenvalue weighted by Crippen LogP contribution is -2.37. The first-order chi connectivity index (χ1) is 13.8. The summed E-state index contributed by atoms with van der Waals surface area (Å²) >= 11 is 5.10. The summed E-state index contributed by atoms with van der Waals surface area (Å²) in [7, 11) is 2.44. The van der Waals surface area contributed by atoms with Gasteiger partial charge in [0.05, 0.1) is 25.3 Å². The number of hydrogen-bond donors (Lipinski definition) is 2. The maximum absolute atomic E-state index is 12.0. The van der Waals surface area contributed by atoms with Gasteiger partial charge in [0.25, 0.3) is 5.91 Å². The molecule has 0 aliphatic rings. The second-order valence-electron chi connectivity index (χ2n) is 5.89. The third-order valence-corrected chi connectivity index (χ3v) is 3.88. The molecule has 1 amide bonds. The van der Waals surface area contributed by atoms with E-state index in [1.807, 2.05) is 19.1 Å². The first-order valence-electron chi connectivity index (χ1n) is 8.44. The van der Waals surface area contributed by atoms with Gasteiger partial charge in [-0.3, -0.25) is 10.1 Å². The molecule has 0 unspecified atom stereocenters. The Morgan fingerprint density at radius 2 is 1.48 bits per heavy atom. The molecular weight excluding hydrogens is 396 g/mol. The Bertz CT molecular complexity index is 893. The van der Waals surface area contributed by atoms with Gasteiger partial charge in [-0.1, -0.05) is 17.7 Å². The maximum atomic E-state index is 12.0. The predicted molar refractivity (Wildman–Crippen MR) is 110 cm³/mol. The minimum atomic E-state index is -0.639. The van der Waals surface area contributed by atoms with E-state index in [1.165, 1.54) is 32.4 Å². The Morgan fingerprint density at radius 3 is 2.00 bits per heavy atom. The van der Waals surface area contributed by atoms with E-state index >= 15 is 0 Å². The highest BCUT2D eigenvalue weighted by atomic mass is 32.1. The number of amides is 1. The molecule has 0 aliphatic carbocycles. The van der Waals surface area contributed by atoms with Crippen LogP contribution >= 0.6 is 12.2 Å². The summed E-state index contributed by atoms with van der Waals surface area (Å²) in [6.45, 7) is 1.71. The quantitative estimate of drug-likeness (QED) is 0.547. The Morgan fingerprint density at radius 1 is 0.931 bits per heavy atom. The van der Waals surface area contributed by atoms with E-state index in [1.54, 1.807) is 12.1 Å². The van der Waals surface area contributed by atoms with Crippen LogP contribution in [-0.4, -0.2) is 43.8 Å². The van der Waals surface area contributed by atoms with Gasteiger partial charge in [0.1, 0.15) is 5.75 Å². The summed E-state index contributed by atoms with van der Waals surface area (Å²) in [5.41, 5.74) is 1.62. The zero-order chi connectivity index (χ0) is 21.4. The molecule has 29 heavy (non-hydrogen) atoms. The molecule has 0 radical (unpaired) electrons. The zero-order valence-electron chi connectivity index (χ0n) is 16.1. The number of aryl methyl sites for hydroxylation is 1. The number of benzene rings is 2. The highest BCUT2D eigenvalue weighted by Crippen LogP contribution is 2.17. The van der Waals surface area contributed by atoms with Crippen LogP contribution in [0.2, 0.25) is 0 Å². The fraction of sp³-hybridized carbons (Fsp3) is 0.200. The lowest BCUT2D eigenvalue weighted by atomic mass is 10.1. The molecule has 0 bridgehead atoms. The molecule has 8 nitrogen and oxygen atoms in total. The second-order valence-corrected chi connectivity index (χ2v) is 6.29. The van der Waals surface area contributed by atoms with Gasteiger partial charge in [0, 0.05) is 5.69 Å². The van der Waals surface area contributed by atoms with Crippen LogP contribution in [0.15, 0.2) is 42.5 Å². The van der Waals surface area contributed by atoms with Gasteiger partial charge in [-0.2, -0.15) is 0 Å². The molecule has 0 atom stereocenters. The lowest BCUT2D eigenvalue weighted by molar-refractivity contribution is -0.121. The van der Waals surface area contributed by atoms with Crippen molar-refractivity contribution < 1.29 is 28.6 Å². The van der Waals surface area contributed by atoms with Crippen LogP contribution in [0, 0.1) is 6.92 Å². The van der Waals surface area contributed by atoms with E-state index in [9.17, 15) is 14.4 Å². The van der Waals surface area contributed by atoms with Crippen molar-refractivity contribution >= 4 is 40.9 Å². The van der Waals surface area contributed by atoms with Crippen molar-refractivity contribution in [2.75, 3.05) is 26.1 Å². The van der Waals surface area contributed by atoms with E-state index < -0.39 is 17.8 Å². The molecule has 9 heteroatoms. The molecule has 0 saturated heterocycles. The summed E-state index contributed by atoms with van der Waals surface area (Å²) in [5, 5.41) is 5.18. The molecule has 0 heterocycles. The van der Waals surface area contributed by atoms with Crippen molar-refractivity contribution in [1.29, 1.82) is 0 Å². The summed E-state index contributed by atoms with van der Waals surface area (Å²) in [6, 6.07) is 11.4. The van der Waals surface area contributed by atoms with Crippen molar-refractivity contribution in [2.45, 2.75) is 6.92 Å². The van der Waals surface area contributed by atoms with Crippen LogP contribution in [0.5, 0.6) is 5.75 Å². The summed E-state index contributed by atoms with van der Waals surface area (Å²) in [4.78, 5) is 35.6. The Labute approximate surface area is 173 Å². The highest BCUT2D eigenvalue weighted by molar-refractivity contribution is 7.80. The third kappa shape index (κ3) is 6.58. The van der Waals surface area contributed by atoms with Crippen LogP contribution < -0.4 is 15.4 Å². The standard InChI is InChI=1S/C20H20N2O6S/c1-12-4-6-16(7-5-12)28-11-17(23)22-20(29)21-15-9-13(18(24)26-2)8-14(10-15)19(25)27-3/h4-10H,11H2,1-3H3,(H2,21,22,23,29). The molecule has 2 N–H and O–H groups in total. The van der Waals surface area contributed by atoms with Crippen LogP contribution in [0.3, 0.4) is 0 Å². The van der Waals surface area contributed by atoms with Gasteiger partial charge in [-0.05, 0) is 49.5 Å². The van der Waals surface area contributed by atoms with Crippen LogP contribution in [-0.2, 0) is 14.3 Å². The molecule has 2 aromatic rings. The van der Waals surface area contributed by atoms with Crippen LogP contribution in [0.4, 0.5) is 5.69 Å². The first kappa shape index (κ1) is 21.8. The fourth-order valence-corrected chi connectivity index (χ4v) is 2.51. The van der Waals surface area contributed by atoms with Gasteiger partial charge < -0.3 is 19.5 Å². The highest BCUT2D eigenvalue weighted by Gasteiger charge is 2.15. The Balaban J connectivity index is 2.01. The SMILES string of the molecule is COC(=O)c1cc(NC(=S)NC(=O)COc2ccc(C)cc2)cc(C(=O)OC)c1. The number of anilines is 1. The number of ether oxygens (including phenoxy) is 3. The summed E-state index contributed by atoms with van der Waals surface area (Å²) in [6.07, 6.45) is 0. The van der Waals surface area contributed by atoms with E-state index in [0.717, 1.165) is 5.56 Å². The fourth-order valence-electron chi connectivity index (χ4n) is 2.28. The average Bonchev–Trinajstić information content (AvgIpc) is 2.71. The minimum Gasteiger partial charge on any atom is -0.484 e. The summed E-state index contributed by atoms with van der Waals surface area (Å²) in [5.74, 6) is -1.20. The number of carbonyl (C=O) groups excluding carboxylic acids is 3. The van der Waals surface area contributed by atoms with Gasteiger partial charge >= 0.3 is 11.9 Å². The topological polar surface area (TPSA) is 103 Å². The maximum Gasteiger partial charge on any atom is 0.337 e. The Hall–Kier alpha value is -3.46. The first-order valence-corrected chi connectivity index (χ1v) is 8.85. The van der Waals surface area contributed by atoms with Crippen molar-refractivity contribution in [3.05, 3.63) is 59.2 Å². The second kappa shape index (κ2) is 10.2. The molecule has 0 saturated carbocycles. The molecule has 2 aromatic carbocycles. The van der Waals surface area contributed by atoms with E-state index in [4.69, 9.17) is 17.0 Å². The van der Waals surface area contributed by atoms with Crippen molar-refractivity contribution in [3.63, 3.8) is 0 Å². The van der Waals surface area contributed by atoms with E-state index in [0.29, 0.717) is 11.4 Å². The van der Waals surface area contributed by atoms with Crippen LogP contribution in [0.1, 0.15) is 26.3 Å². The van der Waals surface area contributed by atoms with Crippen molar-refractivity contribution in [1.82, 2.24) is 5.32 Å². The van der Waals surface area contributed by atoms with E-state index in [2.05, 4.69) is 20.1 Å². The molecule has 2 rings (SSSR count). The molecule has 0 spiro atoms. The number of hydrogen-bond acceptors (Lipinski definition) is 7. The number of carbonyl (C=O) groups is 3. The van der Waals surface area contributed by atoms with E-state index in [-0.39, 0.29) is 22.8 Å². The van der Waals surface area contributed by atoms with Gasteiger partial charge in [-0.25, -0.2) is 9.59 Å². The molecule has 152 valence electrons. The van der Waals surface area contributed by atoms with Crippen molar-refractivity contribution in [2.24, 2.45) is 0 Å². The van der Waals surface area contributed by atoms with Gasteiger partial charge in [0.15, 0.2) is 11.7 Å². The number of nitrogens with one attached hydrogen (secondary N) is 2. The number of methoxy groups -OCH3 is 2. The van der Waals surface area contributed by atoms with Crippen molar-refractivity contribution in [3.8, 4) is 5.75 Å². The van der Waals surface area contributed by atoms with Gasteiger partial charge in [0.2, 0.25) is 0 Å². The summed E-state index contributed by atoms with van der Waals surface area (Å²) < 4.78 is 14.7. The predicted octanol–water partition coefficient (Wildman–Crippen LogP) is 2.46. The number of thiocarbonyl (C=S) groups is 1. The third-order valence-electron chi connectivity index (χ3n) is 3.68. The number of rotatable bonds is 6. The lowest BCUT2D eigenvalue weighted by Gasteiger charge is -2.12.